The fourth-order valence-corrected chi connectivity index (χ4v) is 1.74. The third-order valence-corrected chi connectivity index (χ3v) is 2.44. The average molecular weight is 198 g/mol. The van der Waals surface area contributed by atoms with Crippen LogP contribution in [0.2, 0.25) is 0 Å². The Labute approximate surface area is 86.4 Å². The number of fused-ring (bicyclic) bond motifs is 1. The van der Waals surface area contributed by atoms with Gasteiger partial charge in [0.05, 0.1) is 5.69 Å². The van der Waals surface area contributed by atoms with Crippen molar-refractivity contribution in [2.24, 2.45) is 0 Å². The molecule has 0 spiro atoms. The summed E-state index contributed by atoms with van der Waals surface area (Å²) in [5.41, 5.74) is 2.96. The van der Waals surface area contributed by atoms with Crippen LogP contribution in [0.25, 0.3) is 22.3 Å². The van der Waals surface area contributed by atoms with Crippen molar-refractivity contribution in [3.8, 4) is 11.3 Å². The lowest BCUT2D eigenvalue weighted by Gasteiger charge is -1.97. The van der Waals surface area contributed by atoms with E-state index in [1.807, 2.05) is 31.5 Å². The van der Waals surface area contributed by atoms with Gasteiger partial charge in [-0.25, -0.2) is 9.97 Å². The van der Waals surface area contributed by atoms with Crippen LogP contribution in [0.1, 0.15) is 5.82 Å². The molecule has 15 heavy (non-hydrogen) atoms. The molecule has 3 rings (SSSR count). The Balaban J connectivity index is 2.30. The van der Waals surface area contributed by atoms with Gasteiger partial charge in [-0.2, -0.15) is 0 Å². The van der Waals surface area contributed by atoms with E-state index in [0.29, 0.717) is 0 Å². The summed E-state index contributed by atoms with van der Waals surface area (Å²) in [6.07, 6.45) is 5.59. The van der Waals surface area contributed by atoms with Crippen LogP contribution in [0.4, 0.5) is 0 Å². The molecule has 2 N–H and O–H groups in total. The number of pyridine rings is 1. The topological polar surface area (TPSA) is 57.4 Å². The molecule has 74 valence electrons. The highest BCUT2D eigenvalue weighted by Gasteiger charge is 2.07. The summed E-state index contributed by atoms with van der Waals surface area (Å²) in [5, 5.41) is 1.10. The highest BCUT2D eigenvalue weighted by Crippen LogP contribution is 2.24. The van der Waals surface area contributed by atoms with E-state index < -0.39 is 0 Å². The number of aryl methyl sites for hydroxylation is 1. The van der Waals surface area contributed by atoms with Gasteiger partial charge in [0.1, 0.15) is 11.5 Å². The number of nitrogens with one attached hydrogen (secondary N) is 2. The number of aromatic amines is 2. The molecule has 0 radical (unpaired) electrons. The van der Waals surface area contributed by atoms with E-state index in [4.69, 9.17) is 0 Å². The van der Waals surface area contributed by atoms with Crippen molar-refractivity contribution in [2.75, 3.05) is 0 Å². The van der Waals surface area contributed by atoms with Crippen LogP contribution in [-0.2, 0) is 0 Å². The summed E-state index contributed by atoms with van der Waals surface area (Å²) in [4.78, 5) is 14.8. The molecule has 0 saturated heterocycles. The van der Waals surface area contributed by atoms with Crippen LogP contribution in [0, 0.1) is 6.92 Å². The fraction of sp³-hybridized carbons (Fsp3) is 0.0909. The number of rotatable bonds is 1. The maximum atomic E-state index is 4.41. The predicted octanol–water partition coefficient (Wildman–Crippen LogP) is 2.26. The molecule has 4 nitrogen and oxygen atoms in total. The number of aromatic nitrogens is 4. The van der Waals surface area contributed by atoms with Gasteiger partial charge in [0.2, 0.25) is 0 Å². The zero-order valence-electron chi connectivity index (χ0n) is 8.28. The van der Waals surface area contributed by atoms with Crippen LogP contribution in [0.15, 0.2) is 30.7 Å². The molecular formula is C11H10N4. The maximum Gasteiger partial charge on any atom is 0.137 e. The zero-order chi connectivity index (χ0) is 10.3. The zero-order valence-corrected chi connectivity index (χ0v) is 8.28. The lowest BCUT2D eigenvalue weighted by molar-refractivity contribution is 1.15. The van der Waals surface area contributed by atoms with Crippen LogP contribution in [0.3, 0.4) is 0 Å². The maximum absolute atomic E-state index is 4.41. The van der Waals surface area contributed by atoms with Gasteiger partial charge < -0.3 is 9.97 Å². The molecule has 3 heterocycles. The van der Waals surface area contributed by atoms with Gasteiger partial charge in [-0.3, -0.25) is 0 Å². The second-order valence-corrected chi connectivity index (χ2v) is 3.47. The molecule has 0 aliphatic carbocycles. The Hall–Kier alpha value is -2.10. The van der Waals surface area contributed by atoms with Gasteiger partial charge in [0.25, 0.3) is 0 Å². The van der Waals surface area contributed by atoms with E-state index in [1.54, 1.807) is 6.20 Å². The van der Waals surface area contributed by atoms with Gasteiger partial charge in [-0.05, 0) is 19.1 Å². The molecule has 0 unspecified atom stereocenters. The number of nitrogens with zero attached hydrogens (tertiary/aromatic N) is 2. The summed E-state index contributed by atoms with van der Waals surface area (Å²) in [6, 6.07) is 3.99. The van der Waals surface area contributed by atoms with E-state index in [0.717, 1.165) is 28.1 Å². The van der Waals surface area contributed by atoms with E-state index in [2.05, 4.69) is 19.9 Å². The molecule has 0 saturated carbocycles. The number of hydrogen-bond acceptors (Lipinski definition) is 2. The van der Waals surface area contributed by atoms with E-state index in [9.17, 15) is 0 Å². The van der Waals surface area contributed by atoms with Crippen LogP contribution >= 0.6 is 0 Å². The summed E-state index contributed by atoms with van der Waals surface area (Å²) in [5.74, 6) is 0.922. The molecule has 0 amide bonds. The molecule has 0 aromatic carbocycles. The number of H-pyrrole nitrogens is 2. The predicted molar refractivity (Wildman–Crippen MR) is 58.4 cm³/mol. The lowest BCUT2D eigenvalue weighted by atomic mass is 10.1. The molecule has 0 aliphatic rings. The largest absolute Gasteiger partial charge is 0.348 e. The number of hydrogen-bond donors (Lipinski definition) is 2. The van der Waals surface area contributed by atoms with Crippen LogP contribution in [-0.4, -0.2) is 19.9 Å². The van der Waals surface area contributed by atoms with Crippen molar-refractivity contribution in [1.29, 1.82) is 0 Å². The Morgan fingerprint density at radius 3 is 2.93 bits per heavy atom. The molecule has 0 bridgehead atoms. The lowest BCUT2D eigenvalue weighted by Crippen LogP contribution is -1.82. The van der Waals surface area contributed by atoms with Crippen molar-refractivity contribution in [3.63, 3.8) is 0 Å². The second kappa shape index (κ2) is 2.95. The standard InChI is InChI=1S/C11H10N4/c1-7-14-6-10(15-7)8-2-4-12-11-9(8)3-5-13-11/h2-6H,1H3,(H,12,13)(H,14,15). The highest BCUT2D eigenvalue weighted by molar-refractivity contribution is 5.91. The van der Waals surface area contributed by atoms with Gasteiger partial charge in [0, 0.05) is 29.5 Å². The molecule has 3 aromatic heterocycles. The Kier molecular flexibility index (Phi) is 1.62. The highest BCUT2D eigenvalue weighted by atomic mass is 14.9. The third-order valence-electron chi connectivity index (χ3n) is 2.44. The van der Waals surface area contributed by atoms with E-state index in [1.165, 1.54) is 0 Å². The second-order valence-electron chi connectivity index (χ2n) is 3.47. The van der Waals surface area contributed by atoms with Gasteiger partial charge in [-0.15, -0.1) is 0 Å². The molecule has 0 fully saturated rings. The van der Waals surface area contributed by atoms with Crippen molar-refractivity contribution >= 4 is 11.0 Å². The Bertz CT molecular complexity index is 606. The SMILES string of the molecule is Cc1nc(-c2ccnc3[nH]ccc23)c[nH]1. The van der Waals surface area contributed by atoms with Gasteiger partial charge in [-0.1, -0.05) is 0 Å². The Morgan fingerprint density at radius 2 is 2.13 bits per heavy atom. The first-order valence-corrected chi connectivity index (χ1v) is 4.79. The first kappa shape index (κ1) is 8.23. The summed E-state index contributed by atoms with van der Waals surface area (Å²) in [7, 11) is 0. The molecular weight excluding hydrogens is 188 g/mol. The quantitative estimate of drug-likeness (QED) is 0.630. The van der Waals surface area contributed by atoms with Crippen LogP contribution in [0.5, 0.6) is 0 Å². The van der Waals surface area contributed by atoms with E-state index in [-0.39, 0.29) is 0 Å². The van der Waals surface area contributed by atoms with Crippen molar-refractivity contribution < 1.29 is 0 Å². The smallest absolute Gasteiger partial charge is 0.137 e. The monoisotopic (exact) mass is 198 g/mol. The molecule has 0 aliphatic heterocycles. The van der Waals surface area contributed by atoms with Crippen LogP contribution < -0.4 is 0 Å². The van der Waals surface area contributed by atoms with E-state index >= 15 is 0 Å². The summed E-state index contributed by atoms with van der Waals surface area (Å²) < 4.78 is 0. The minimum atomic E-state index is 0.896. The van der Waals surface area contributed by atoms with Gasteiger partial charge >= 0.3 is 0 Å². The molecule has 4 heteroatoms. The minimum Gasteiger partial charge on any atom is -0.348 e. The summed E-state index contributed by atoms with van der Waals surface area (Å²) >= 11 is 0. The first-order chi connectivity index (χ1) is 7.34. The van der Waals surface area contributed by atoms with Crippen molar-refractivity contribution in [1.82, 2.24) is 19.9 Å². The number of imidazole rings is 1. The summed E-state index contributed by atoms with van der Waals surface area (Å²) in [6.45, 7) is 1.94. The van der Waals surface area contributed by atoms with Gasteiger partial charge in [0.15, 0.2) is 0 Å². The fourth-order valence-electron chi connectivity index (χ4n) is 1.74. The average Bonchev–Trinajstić information content (AvgIpc) is 2.84. The molecule has 3 aromatic rings. The first-order valence-electron chi connectivity index (χ1n) is 4.79. The minimum absolute atomic E-state index is 0.896. The van der Waals surface area contributed by atoms with Crippen molar-refractivity contribution in [2.45, 2.75) is 6.92 Å². The van der Waals surface area contributed by atoms with Crippen molar-refractivity contribution in [3.05, 3.63) is 36.5 Å². The molecule has 0 atom stereocenters. The third kappa shape index (κ3) is 1.22. The Morgan fingerprint density at radius 1 is 1.20 bits per heavy atom. The normalized spacial score (nSPS) is 11.0.